The molecular formula is C14H22N4O3. The van der Waals surface area contributed by atoms with E-state index in [0.717, 1.165) is 5.82 Å². The van der Waals surface area contributed by atoms with Gasteiger partial charge in [-0.25, -0.2) is 9.78 Å². The molecule has 1 aromatic heterocycles. The Balaban J connectivity index is 1.95. The number of carbonyl (C=O) groups excluding carboxylic acids is 1. The molecule has 2 rings (SSSR count). The first kappa shape index (κ1) is 15.3. The first-order valence-electron chi connectivity index (χ1n) is 7.28. The molecule has 0 atom stereocenters. The van der Waals surface area contributed by atoms with Crippen molar-refractivity contribution < 1.29 is 14.7 Å². The van der Waals surface area contributed by atoms with Crippen LogP contribution in [0.5, 0.6) is 0 Å². The molecule has 1 aliphatic rings. The number of rotatable bonds is 5. The van der Waals surface area contributed by atoms with Crippen LogP contribution in [0.4, 0.5) is 4.79 Å². The van der Waals surface area contributed by atoms with Gasteiger partial charge in [-0.15, -0.1) is 0 Å². The zero-order valence-electron chi connectivity index (χ0n) is 12.5. The van der Waals surface area contributed by atoms with Gasteiger partial charge in [0.25, 0.3) is 0 Å². The van der Waals surface area contributed by atoms with E-state index in [1.54, 1.807) is 11.1 Å². The number of carboxylic acid groups (broad SMARTS) is 1. The molecule has 0 radical (unpaired) electrons. The van der Waals surface area contributed by atoms with Crippen molar-refractivity contribution in [2.24, 2.45) is 5.41 Å². The third-order valence-corrected chi connectivity index (χ3v) is 4.42. The van der Waals surface area contributed by atoms with E-state index in [1.165, 1.54) is 0 Å². The highest BCUT2D eigenvalue weighted by atomic mass is 16.4. The lowest BCUT2D eigenvalue weighted by Gasteiger charge is -2.31. The summed E-state index contributed by atoms with van der Waals surface area (Å²) in [5.74, 6) is -0.00568. The van der Waals surface area contributed by atoms with Gasteiger partial charge in [0.05, 0.1) is 12.0 Å². The molecule has 0 saturated carbocycles. The number of urea groups is 1. The molecule has 0 saturated heterocycles. The molecule has 0 bridgehead atoms. The summed E-state index contributed by atoms with van der Waals surface area (Å²) in [6, 6.07) is -0.225. The Hall–Kier alpha value is -2.05. The van der Waals surface area contributed by atoms with Gasteiger partial charge in [-0.1, -0.05) is 13.8 Å². The lowest BCUT2D eigenvalue weighted by Crippen LogP contribution is -2.49. The van der Waals surface area contributed by atoms with Gasteiger partial charge in [0.15, 0.2) is 0 Å². The first-order valence-corrected chi connectivity index (χ1v) is 7.28. The first-order chi connectivity index (χ1) is 10.0. The largest absolute Gasteiger partial charge is 0.481 e. The highest BCUT2D eigenvalue weighted by Crippen LogP contribution is 2.25. The van der Waals surface area contributed by atoms with E-state index < -0.39 is 11.4 Å². The van der Waals surface area contributed by atoms with Crippen LogP contribution < -0.4 is 5.32 Å². The molecule has 7 nitrogen and oxygen atoms in total. The van der Waals surface area contributed by atoms with E-state index in [2.05, 4.69) is 10.3 Å². The van der Waals surface area contributed by atoms with E-state index in [9.17, 15) is 14.7 Å². The molecule has 0 aromatic carbocycles. The third kappa shape index (κ3) is 3.01. The Labute approximate surface area is 124 Å². The molecule has 2 amide bonds. The van der Waals surface area contributed by atoms with Crippen molar-refractivity contribution in [3.63, 3.8) is 0 Å². The number of fused-ring (bicyclic) bond motifs is 1. The average molecular weight is 294 g/mol. The Kier molecular flexibility index (Phi) is 4.50. The van der Waals surface area contributed by atoms with E-state index >= 15 is 0 Å². The van der Waals surface area contributed by atoms with Gasteiger partial charge in [-0.05, 0) is 12.8 Å². The van der Waals surface area contributed by atoms with Crippen LogP contribution >= 0.6 is 0 Å². The van der Waals surface area contributed by atoms with Crippen molar-refractivity contribution in [2.75, 3.05) is 13.1 Å². The van der Waals surface area contributed by atoms with Crippen molar-refractivity contribution in [2.45, 2.75) is 39.8 Å². The van der Waals surface area contributed by atoms with Crippen LogP contribution in [0.1, 0.15) is 32.5 Å². The normalized spacial score (nSPS) is 14.7. The molecule has 0 fully saturated rings. The number of nitrogens with one attached hydrogen (secondary N) is 1. The molecule has 0 unspecified atom stereocenters. The average Bonchev–Trinajstić information content (AvgIpc) is 2.95. The zero-order chi connectivity index (χ0) is 15.5. The van der Waals surface area contributed by atoms with E-state index in [4.69, 9.17) is 0 Å². The predicted molar refractivity (Wildman–Crippen MR) is 76.7 cm³/mol. The molecule has 21 heavy (non-hydrogen) atoms. The minimum absolute atomic E-state index is 0.152. The van der Waals surface area contributed by atoms with Gasteiger partial charge >= 0.3 is 12.0 Å². The van der Waals surface area contributed by atoms with Gasteiger partial charge in [0, 0.05) is 32.0 Å². The van der Waals surface area contributed by atoms with Gasteiger partial charge in [0.1, 0.15) is 5.82 Å². The maximum Gasteiger partial charge on any atom is 0.317 e. The number of nitrogens with zero attached hydrogens (tertiary/aromatic N) is 3. The predicted octanol–water partition coefficient (Wildman–Crippen LogP) is 1.30. The molecule has 7 heteroatoms. The second-order valence-corrected chi connectivity index (χ2v) is 5.41. The van der Waals surface area contributed by atoms with Crippen molar-refractivity contribution in [1.82, 2.24) is 19.8 Å². The quantitative estimate of drug-likeness (QED) is 0.857. The van der Waals surface area contributed by atoms with Crippen molar-refractivity contribution >= 4 is 12.0 Å². The summed E-state index contributed by atoms with van der Waals surface area (Å²) in [4.78, 5) is 29.5. The summed E-state index contributed by atoms with van der Waals surface area (Å²) in [5.41, 5.74) is -0.885. The molecule has 2 N–H and O–H groups in total. The number of aromatic nitrogens is 2. The number of hydrogen-bond donors (Lipinski definition) is 2. The number of carboxylic acids is 1. The summed E-state index contributed by atoms with van der Waals surface area (Å²) < 4.78 is 2.02. The zero-order valence-corrected chi connectivity index (χ0v) is 12.5. The fourth-order valence-electron chi connectivity index (χ4n) is 2.58. The Morgan fingerprint density at radius 1 is 1.38 bits per heavy atom. The van der Waals surface area contributed by atoms with E-state index in [-0.39, 0.29) is 12.6 Å². The summed E-state index contributed by atoms with van der Waals surface area (Å²) in [6.07, 6.45) is 4.60. The molecule has 2 heterocycles. The summed E-state index contributed by atoms with van der Waals surface area (Å²) in [5, 5.41) is 12.1. The molecule has 0 aliphatic carbocycles. The van der Waals surface area contributed by atoms with Gasteiger partial charge in [0.2, 0.25) is 0 Å². The molecule has 1 aromatic rings. The van der Waals surface area contributed by atoms with Crippen LogP contribution in [-0.2, 0) is 17.9 Å². The van der Waals surface area contributed by atoms with Crippen molar-refractivity contribution in [3.05, 3.63) is 18.2 Å². The van der Waals surface area contributed by atoms with Crippen molar-refractivity contribution in [3.8, 4) is 0 Å². The van der Waals surface area contributed by atoms with Crippen LogP contribution in [0.3, 0.4) is 0 Å². The van der Waals surface area contributed by atoms with Crippen LogP contribution in [0.15, 0.2) is 12.4 Å². The third-order valence-electron chi connectivity index (χ3n) is 4.42. The minimum atomic E-state index is -0.885. The van der Waals surface area contributed by atoms with Gasteiger partial charge in [-0.2, -0.15) is 0 Å². The number of amides is 2. The van der Waals surface area contributed by atoms with Gasteiger partial charge in [-0.3, -0.25) is 4.79 Å². The Morgan fingerprint density at radius 3 is 2.71 bits per heavy atom. The number of imidazole rings is 1. The summed E-state index contributed by atoms with van der Waals surface area (Å²) in [7, 11) is 0. The van der Waals surface area contributed by atoms with Crippen LogP contribution in [0, 0.1) is 5.41 Å². The topological polar surface area (TPSA) is 87.5 Å². The van der Waals surface area contributed by atoms with Crippen LogP contribution in [0.2, 0.25) is 0 Å². The molecular weight excluding hydrogens is 272 g/mol. The van der Waals surface area contributed by atoms with E-state index in [1.807, 2.05) is 24.6 Å². The minimum Gasteiger partial charge on any atom is -0.481 e. The molecule has 116 valence electrons. The number of aliphatic carboxylic acids is 1. The lowest BCUT2D eigenvalue weighted by atomic mass is 9.82. The standard InChI is InChI=1S/C14H22N4O3/c1-3-14(4-2,12(19)20)10-16-13(21)18-8-7-17-6-5-15-11(17)9-18/h5-6H,3-4,7-10H2,1-2H3,(H,16,21)(H,19,20). The monoisotopic (exact) mass is 294 g/mol. The SMILES string of the molecule is CCC(CC)(CNC(=O)N1CCn2ccnc2C1)C(=O)O. The van der Waals surface area contributed by atoms with Gasteiger partial charge < -0.3 is 19.9 Å². The highest BCUT2D eigenvalue weighted by Gasteiger charge is 2.35. The number of carbonyl (C=O) groups is 2. The Morgan fingerprint density at radius 2 is 2.10 bits per heavy atom. The maximum absolute atomic E-state index is 12.2. The maximum atomic E-state index is 12.2. The lowest BCUT2D eigenvalue weighted by molar-refractivity contribution is -0.149. The Bertz CT molecular complexity index is 522. The molecule has 1 aliphatic heterocycles. The fourth-order valence-corrected chi connectivity index (χ4v) is 2.58. The molecule has 0 spiro atoms. The summed E-state index contributed by atoms with van der Waals surface area (Å²) in [6.45, 7) is 5.60. The second kappa shape index (κ2) is 6.15. The highest BCUT2D eigenvalue weighted by molar-refractivity contribution is 5.78. The fraction of sp³-hybridized carbons (Fsp3) is 0.643. The van der Waals surface area contributed by atoms with Crippen molar-refractivity contribution in [1.29, 1.82) is 0 Å². The second-order valence-electron chi connectivity index (χ2n) is 5.41. The van der Waals surface area contributed by atoms with Crippen LogP contribution in [-0.4, -0.2) is 44.6 Å². The van der Waals surface area contributed by atoms with Crippen LogP contribution in [0.25, 0.3) is 0 Å². The number of hydrogen-bond acceptors (Lipinski definition) is 3. The summed E-state index contributed by atoms with van der Waals surface area (Å²) >= 11 is 0. The van der Waals surface area contributed by atoms with E-state index in [0.29, 0.717) is 32.5 Å². The smallest absolute Gasteiger partial charge is 0.317 e.